The lowest BCUT2D eigenvalue weighted by atomic mass is 10.1. The van der Waals surface area contributed by atoms with Crippen LogP contribution in [0.5, 0.6) is 23.0 Å². The molecule has 0 aliphatic heterocycles. The van der Waals surface area contributed by atoms with Gasteiger partial charge in [-0.1, -0.05) is 29.8 Å². The number of ether oxygens (including phenoxy) is 3. The SMILES string of the molecule is COc1cccc(/C=C/C(=O)Nc2ccc(Oc3ccc(C)cc3)cc2)c1OC. The van der Waals surface area contributed by atoms with Crippen LogP contribution in [-0.2, 0) is 4.79 Å². The second-order valence-corrected chi connectivity index (χ2v) is 6.34. The highest BCUT2D eigenvalue weighted by atomic mass is 16.5. The van der Waals surface area contributed by atoms with E-state index in [4.69, 9.17) is 14.2 Å². The first-order valence-electron chi connectivity index (χ1n) is 9.13. The van der Waals surface area contributed by atoms with Crippen molar-refractivity contribution in [2.75, 3.05) is 19.5 Å². The van der Waals surface area contributed by atoms with E-state index in [1.165, 1.54) is 11.6 Å². The number of para-hydroxylation sites is 1. The van der Waals surface area contributed by atoms with Gasteiger partial charge in [-0.15, -0.1) is 0 Å². The van der Waals surface area contributed by atoms with Crippen LogP contribution in [0, 0.1) is 6.92 Å². The van der Waals surface area contributed by atoms with Crippen molar-refractivity contribution in [2.45, 2.75) is 6.92 Å². The van der Waals surface area contributed by atoms with Crippen LogP contribution >= 0.6 is 0 Å². The van der Waals surface area contributed by atoms with Gasteiger partial charge in [-0.2, -0.15) is 0 Å². The van der Waals surface area contributed by atoms with Crippen molar-refractivity contribution in [1.82, 2.24) is 0 Å². The number of methoxy groups -OCH3 is 2. The van der Waals surface area contributed by atoms with E-state index in [0.29, 0.717) is 22.9 Å². The van der Waals surface area contributed by atoms with Gasteiger partial charge in [-0.05, 0) is 55.5 Å². The quantitative estimate of drug-likeness (QED) is 0.546. The average Bonchev–Trinajstić information content (AvgIpc) is 2.74. The third-order valence-corrected chi connectivity index (χ3v) is 4.23. The van der Waals surface area contributed by atoms with Gasteiger partial charge in [0.05, 0.1) is 14.2 Å². The highest BCUT2D eigenvalue weighted by Crippen LogP contribution is 2.31. The van der Waals surface area contributed by atoms with Gasteiger partial charge in [-0.25, -0.2) is 0 Å². The zero-order valence-electron chi connectivity index (χ0n) is 16.6. The van der Waals surface area contributed by atoms with Gasteiger partial charge in [0.2, 0.25) is 5.91 Å². The van der Waals surface area contributed by atoms with Crippen LogP contribution in [0.25, 0.3) is 6.08 Å². The highest BCUT2D eigenvalue weighted by Gasteiger charge is 2.07. The van der Waals surface area contributed by atoms with E-state index < -0.39 is 0 Å². The molecule has 29 heavy (non-hydrogen) atoms. The summed E-state index contributed by atoms with van der Waals surface area (Å²) in [4.78, 5) is 12.2. The molecule has 0 heterocycles. The fourth-order valence-corrected chi connectivity index (χ4v) is 2.74. The Hall–Kier alpha value is -3.73. The molecule has 0 fully saturated rings. The summed E-state index contributed by atoms with van der Waals surface area (Å²) in [6, 6.07) is 20.5. The van der Waals surface area contributed by atoms with Gasteiger partial charge in [0, 0.05) is 17.3 Å². The number of benzene rings is 3. The van der Waals surface area contributed by atoms with Gasteiger partial charge in [0.1, 0.15) is 11.5 Å². The lowest BCUT2D eigenvalue weighted by Gasteiger charge is -2.10. The van der Waals surface area contributed by atoms with E-state index in [9.17, 15) is 4.79 Å². The third-order valence-electron chi connectivity index (χ3n) is 4.23. The zero-order valence-corrected chi connectivity index (χ0v) is 16.6. The Morgan fingerprint density at radius 3 is 2.14 bits per heavy atom. The van der Waals surface area contributed by atoms with Gasteiger partial charge < -0.3 is 19.5 Å². The topological polar surface area (TPSA) is 56.8 Å². The molecular weight excluding hydrogens is 366 g/mol. The van der Waals surface area contributed by atoms with E-state index in [0.717, 1.165) is 11.3 Å². The molecule has 1 N–H and O–H groups in total. The Balaban J connectivity index is 1.62. The zero-order chi connectivity index (χ0) is 20.6. The first kappa shape index (κ1) is 20.0. The van der Waals surface area contributed by atoms with Gasteiger partial charge in [0.15, 0.2) is 11.5 Å². The van der Waals surface area contributed by atoms with Crippen molar-refractivity contribution >= 4 is 17.7 Å². The number of carbonyl (C=O) groups excluding carboxylic acids is 1. The van der Waals surface area contributed by atoms with Crippen molar-refractivity contribution in [1.29, 1.82) is 0 Å². The van der Waals surface area contributed by atoms with Crippen molar-refractivity contribution < 1.29 is 19.0 Å². The molecule has 0 spiro atoms. The lowest BCUT2D eigenvalue weighted by Crippen LogP contribution is -2.07. The van der Waals surface area contributed by atoms with Crippen molar-refractivity contribution in [2.24, 2.45) is 0 Å². The smallest absolute Gasteiger partial charge is 0.248 e. The van der Waals surface area contributed by atoms with Crippen LogP contribution in [-0.4, -0.2) is 20.1 Å². The number of hydrogen-bond acceptors (Lipinski definition) is 4. The molecule has 0 saturated heterocycles. The van der Waals surface area contributed by atoms with Crippen LogP contribution in [0.4, 0.5) is 5.69 Å². The summed E-state index contributed by atoms with van der Waals surface area (Å²) >= 11 is 0. The minimum absolute atomic E-state index is 0.248. The molecule has 5 nitrogen and oxygen atoms in total. The van der Waals surface area contributed by atoms with E-state index >= 15 is 0 Å². The van der Waals surface area contributed by atoms with Crippen LogP contribution < -0.4 is 19.5 Å². The van der Waals surface area contributed by atoms with Crippen molar-refractivity contribution in [3.63, 3.8) is 0 Å². The van der Waals surface area contributed by atoms with Crippen LogP contribution in [0.15, 0.2) is 72.8 Å². The molecular formula is C24H23NO4. The molecule has 3 aromatic rings. The summed E-state index contributed by atoms with van der Waals surface area (Å²) in [6.07, 6.45) is 3.14. The predicted octanol–water partition coefficient (Wildman–Crippen LogP) is 5.46. The lowest BCUT2D eigenvalue weighted by molar-refractivity contribution is -0.111. The number of rotatable bonds is 7. The Bertz CT molecular complexity index is 992. The molecule has 0 unspecified atom stereocenters. The molecule has 148 valence electrons. The molecule has 0 aliphatic carbocycles. The monoisotopic (exact) mass is 389 g/mol. The standard InChI is InChI=1S/C24H23NO4/c1-17-7-12-20(13-8-17)29-21-14-10-19(11-15-21)25-23(26)16-9-18-5-4-6-22(27-2)24(18)28-3/h4-16H,1-3H3,(H,25,26)/b16-9+. The number of anilines is 1. The van der Waals surface area contributed by atoms with Crippen LogP contribution in [0.2, 0.25) is 0 Å². The minimum atomic E-state index is -0.248. The number of aryl methyl sites for hydroxylation is 1. The van der Waals surface area contributed by atoms with Gasteiger partial charge in [0.25, 0.3) is 0 Å². The van der Waals surface area contributed by atoms with Crippen molar-refractivity contribution in [3.8, 4) is 23.0 Å². The Morgan fingerprint density at radius 2 is 1.52 bits per heavy atom. The van der Waals surface area contributed by atoms with E-state index in [-0.39, 0.29) is 5.91 Å². The number of carbonyl (C=O) groups is 1. The van der Waals surface area contributed by atoms with Crippen molar-refractivity contribution in [3.05, 3.63) is 83.9 Å². The summed E-state index contributed by atoms with van der Waals surface area (Å²) < 4.78 is 16.4. The summed E-state index contributed by atoms with van der Waals surface area (Å²) in [6.45, 7) is 2.03. The molecule has 3 aromatic carbocycles. The highest BCUT2D eigenvalue weighted by molar-refractivity contribution is 6.02. The summed E-state index contributed by atoms with van der Waals surface area (Å²) in [7, 11) is 3.14. The molecule has 5 heteroatoms. The summed E-state index contributed by atoms with van der Waals surface area (Å²) in [5, 5.41) is 2.82. The van der Waals surface area contributed by atoms with E-state index in [2.05, 4.69) is 5.32 Å². The molecule has 1 amide bonds. The number of hydrogen-bond donors (Lipinski definition) is 1. The second-order valence-electron chi connectivity index (χ2n) is 6.34. The largest absolute Gasteiger partial charge is 0.493 e. The maximum Gasteiger partial charge on any atom is 0.248 e. The predicted molar refractivity (Wildman–Crippen MR) is 115 cm³/mol. The van der Waals surface area contributed by atoms with Gasteiger partial charge >= 0.3 is 0 Å². The average molecular weight is 389 g/mol. The molecule has 0 bridgehead atoms. The number of nitrogens with one attached hydrogen (secondary N) is 1. The van der Waals surface area contributed by atoms with E-state index in [1.54, 1.807) is 38.5 Å². The fourth-order valence-electron chi connectivity index (χ4n) is 2.74. The van der Waals surface area contributed by atoms with Crippen LogP contribution in [0.1, 0.15) is 11.1 Å². The maximum absolute atomic E-state index is 12.2. The molecule has 0 aromatic heterocycles. The summed E-state index contributed by atoms with van der Waals surface area (Å²) in [5.41, 5.74) is 2.60. The normalized spacial score (nSPS) is 10.6. The molecule has 0 atom stereocenters. The molecule has 0 saturated carbocycles. The second kappa shape index (κ2) is 9.46. The van der Waals surface area contributed by atoms with E-state index in [1.807, 2.05) is 55.5 Å². The summed E-state index contributed by atoms with van der Waals surface area (Å²) in [5.74, 6) is 2.41. The maximum atomic E-state index is 12.2. The third kappa shape index (κ3) is 5.39. The first-order valence-corrected chi connectivity index (χ1v) is 9.13. The Kier molecular flexibility index (Phi) is 6.53. The fraction of sp³-hybridized carbons (Fsp3) is 0.125. The molecule has 0 radical (unpaired) electrons. The Morgan fingerprint density at radius 1 is 0.862 bits per heavy atom. The van der Waals surface area contributed by atoms with Crippen LogP contribution in [0.3, 0.4) is 0 Å². The Labute approximate surface area is 170 Å². The molecule has 0 aliphatic rings. The van der Waals surface area contributed by atoms with Gasteiger partial charge in [-0.3, -0.25) is 4.79 Å². The molecule has 3 rings (SSSR count). The number of amides is 1. The first-order chi connectivity index (χ1) is 14.1. The minimum Gasteiger partial charge on any atom is -0.493 e.